The Balaban J connectivity index is 1.53. The zero-order valence-corrected chi connectivity index (χ0v) is 24.0. The van der Waals surface area contributed by atoms with Crippen molar-refractivity contribution in [2.24, 2.45) is 7.05 Å². The molecule has 0 spiro atoms. The predicted octanol–water partition coefficient (Wildman–Crippen LogP) is 5.16. The van der Waals surface area contributed by atoms with Crippen LogP contribution in [-0.4, -0.2) is 44.6 Å². The van der Waals surface area contributed by atoms with Crippen molar-refractivity contribution in [1.29, 1.82) is 0 Å². The van der Waals surface area contributed by atoms with Crippen molar-refractivity contribution in [1.82, 2.24) is 18.7 Å². The fourth-order valence-electron chi connectivity index (χ4n) is 5.03. The number of benzene rings is 2. The van der Waals surface area contributed by atoms with Gasteiger partial charge in [0.1, 0.15) is 17.4 Å². The van der Waals surface area contributed by atoms with Crippen LogP contribution >= 0.6 is 11.6 Å². The Hall–Kier alpha value is -3.68. The van der Waals surface area contributed by atoms with Crippen molar-refractivity contribution >= 4 is 22.8 Å². The van der Waals surface area contributed by atoms with Crippen LogP contribution in [0.5, 0.6) is 5.75 Å². The maximum absolute atomic E-state index is 14.8. The monoisotopic (exact) mass is 624 g/mol. The minimum Gasteiger partial charge on any atom is -0.406 e. The van der Waals surface area contributed by atoms with Crippen LogP contribution in [0.25, 0.3) is 11.2 Å². The van der Waals surface area contributed by atoms with Gasteiger partial charge in [-0.1, -0.05) is 23.7 Å². The van der Waals surface area contributed by atoms with Crippen molar-refractivity contribution in [2.45, 2.75) is 57.8 Å². The van der Waals surface area contributed by atoms with E-state index >= 15 is 0 Å². The number of ether oxygens (including phenoxy) is 3. The van der Waals surface area contributed by atoms with Crippen LogP contribution in [0.4, 0.5) is 17.6 Å². The molecule has 0 N–H and O–H groups in total. The lowest BCUT2D eigenvalue weighted by Gasteiger charge is -2.22. The molecule has 0 amide bonds. The molecule has 3 heterocycles. The number of aromatic nitrogens is 4. The Bertz CT molecular complexity index is 1710. The second kappa shape index (κ2) is 12.9. The van der Waals surface area contributed by atoms with Crippen LogP contribution in [0.1, 0.15) is 42.6 Å². The molecular weight excluding hydrogens is 596 g/mol. The Labute approximate surface area is 248 Å². The van der Waals surface area contributed by atoms with Gasteiger partial charge in [-0.3, -0.25) is 13.9 Å². The summed E-state index contributed by atoms with van der Waals surface area (Å²) in [6, 6.07) is 9.47. The number of fused-ring (bicyclic) bond motifs is 1. The summed E-state index contributed by atoms with van der Waals surface area (Å²) in [5.41, 5.74) is -0.464. The van der Waals surface area contributed by atoms with Gasteiger partial charge in [-0.25, -0.2) is 14.2 Å². The third kappa shape index (κ3) is 7.28. The quantitative estimate of drug-likeness (QED) is 0.179. The largest absolute Gasteiger partial charge is 0.573 e. The summed E-state index contributed by atoms with van der Waals surface area (Å²) in [6.07, 6.45) is -2.41. The molecule has 2 aromatic heterocycles. The summed E-state index contributed by atoms with van der Waals surface area (Å²) >= 11 is 6.04. The molecule has 1 saturated heterocycles. The average molecular weight is 625 g/mol. The maximum Gasteiger partial charge on any atom is 0.573 e. The summed E-state index contributed by atoms with van der Waals surface area (Å²) in [5.74, 6) is -1.22. The molecule has 230 valence electrons. The molecule has 1 unspecified atom stereocenters. The van der Waals surface area contributed by atoms with Gasteiger partial charge in [-0.15, -0.1) is 13.2 Å². The summed E-state index contributed by atoms with van der Waals surface area (Å²) in [4.78, 5) is 31.5. The zero-order chi connectivity index (χ0) is 30.7. The molecule has 1 aliphatic heterocycles. The van der Waals surface area contributed by atoms with Gasteiger partial charge in [0.05, 0.1) is 6.61 Å². The van der Waals surface area contributed by atoms with Gasteiger partial charge in [0.25, 0.3) is 5.56 Å². The topological polar surface area (TPSA) is 89.5 Å². The van der Waals surface area contributed by atoms with E-state index in [1.54, 1.807) is 28.8 Å². The minimum absolute atomic E-state index is 0.0603. The van der Waals surface area contributed by atoms with E-state index in [-0.39, 0.29) is 55.0 Å². The van der Waals surface area contributed by atoms with Crippen molar-refractivity contribution < 1.29 is 31.8 Å². The zero-order valence-electron chi connectivity index (χ0n) is 23.2. The van der Waals surface area contributed by atoms with E-state index in [0.29, 0.717) is 18.1 Å². The van der Waals surface area contributed by atoms with E-state index in [1.165, 1.54) is 11.6 Å². The molecule has 1 aliphatic rings. The summed E-state index contributed by atoms with van der Waals surface area (Å²) in [6.45, 7) is 1.08. The maximum atomic E-state index is 14.8. The molecular formula is C29H29ClF4N4O5. The molecule has 0 bridgehead atoms. The van der Waals surface area contributed by atoms with E-state index in [4.69, 9.17) is 21.1 Å². The first-order chi connectivity index (χ1) is 20.5. The molecule has 0 radical (unpaired) electrons. The van der Waals surface area contributed by atoms with E-state index in [1.807, 2.05) is 0 Å². The third-order valence-electron chi connectivity index (χ3n) is 7.13. The fourth-order valence-corrected chi connectivity index (χ4v) is 5.15. The number of nitrogens with zero attached hydrogens (tertiary/aromatic N) is 4. The Morgan fingerprint density at radius 2 is 1.86 bits per heavy atom. The van der Waals surface area contributed by atoms with Gasteiger partial charge in [-0.2, -0.15) is 0 Å². The van der Waals surface area contributed by atoms with Crippen molar-refractivity contribution in [3.05, 3.63) is 91.1 Å². The minimum atomic E-state index is -4.96. The molecule has 9 nitrogen and oxygen atoms in total. The van der Waals surface area contributed by atoms with Gasteiger partial charge >= 0.3 is 12.1 Å². The number of hydrogen-bond acceptors (Lipinski definition) is 6. The van der Waals surface area contributed by atoms with E-state index in [0.717, 1.165) is 47.6 Å². The molecule has 4 aromatic rings. The van der Waals surface area contributed by atoms with Gasteiger partial charge in [-0.05, 0) is 67.1 Å². The standard InChI is InChI=1S/C29H29ClF4N4O5/c1-36-26-25(27(39)37(28(36)40)12-4-14-42-24-5-2-3-13-41-24)38(17-18-6-8-20(30)9-7-18)23(35-26)16-19-15-21(10-11-22(19)31)43-29(32,33)34/h6-11,15,24H,2-5,12-14,16-17H2,1H3. The lowest BCUT2D eigenvalue weighted by molar-refractivity contribution is -0.274. The second-order valence-electron chi connectivity index (χ2n) is 10.2. The fraction of sp³-hybridized carbons (Fsp3) is 0.414. The van der Waals surface area contributed by atoms with E-state index in [9.17, 15) is 27.2 Å². The number of halogens is 5. The SMILES string of the molecule is Cn1c(=O)n(CCCOC2CCCCO2)c(=O)c2c1nc(Cc1cc(OC(F)(F)F)ccc1F)n2Cc1ccc(Cl)cc1. The molecule has 0 aliphatic carbocycles. The summed E-state index contributed by atoms with van der Waals surface area (Å²) in [7, 11) is 1.47. The third-order valence-corrected chi connectivity index (χ3v) is 7.38. The van der Waals surface area contributed by atoms with Gasteiger partial charge in [0.2, 0.25) is 0 Å². The summed E-state index contributed by atoms with van der Waals surface area (Å²) < 4.78 is 72.4. The highest BCUT2D eigenvalue weighted by atomic mass is 35.5. The Morgan fingerprint density at radius 1 is 1.09 bits per heavy atom. The highest BCUT2D eigenvalue weighted by Gasteiger charge is 2.31. The lowest BCUT2D eigenvalue weighted by atomic mass is 10.1. The molecule has 1 fully saturated rings. The number of aryl methyl sites for hydroxylation is 1. The van der Waals surface area contributed by atoms with Crippen LogP contribution in [0.15, 0.2) is 52.1 Å². The number of hydrogen-bond donors (Lipinski definition) is 0. The van der Waals surface area contributed by atoms with Gasteiger partial charge in [0.15, 0.2) is 17.5 Å². The Kier molecular flexibility index (Phi) is 9.23. The molecule has 43 heavy (non-hydrogen) atoms. The van der Waals surface area contributed by atoms with Crippen LogP contribution in [-0.2, 0) is 36.0 Å². The Morgan fingerprint density at radius 3 is 2.56 bits per heavy atom. The summed E-state index contributed by atoms with van der Waals surface area (Å²) in [5, 5.41) is 0.494. The molecule has 1 atom stereocenters. The van der Waals surface area contributed by atoms with Crippen molar-refractivity contribution in [3.8, 4) is 5.75 Å². The molecule has 0 saturated carbocycles. The smallest absolute Gasteiger partial charge is 0.406 e. The van der Waals surface area contributed by atoms with Crippen molar-refractivity contribution in [3.63, 3.8) is 0 Å². The van der Waals surface area contributed by atoms with Crippen LogP contribution < -0.4 is 16.0 Å². The first-order valence-corrected chi connectivity index (χ1v) is 14.1. The molecule has 2 aromatic carbocycles. The van der Waals surface area contributed by atoms with Crippen LogP contribution in [0, 0.1) is 5.82 Å². The average Bonchev–Trinajstić information content (AvgIpc) is 3.32. The van der Waals surface area contributed by atoms with Crippen molar-refractivity contribution in [2.75, 3.05) is 13.2 Å². The lowest BCUT2D eigenvalue weighted by Crippen LogP contribution is -2.40. The molecule has 5 rings (SSSR count). The highest BCUT2D eigenvalue weighted by molar-refractivity contribution is 6.30. The highest BCUT2D eigenvalue weighted by Crippen LogP contribution is 2.27. The number of imidazole rings is 1. The van der Waals surface area contributed by atoms with E-state index in [2.05, 4.69) is 9.72 Å². The number of alkyl halides is 3. The number of rotatable bonds is 10. The van der Waals surface area contributed by atoms with Crippen LogP contribution in [0.2, 0.25) is 5.02 Å². The van der Waals surface area contributed by atoms with E-state index < -0.39 is 29.2 Å². The molecule has 14 heteroatoms. The normalized spacial score (nSPS) is 15.7. The van der Waals surface area contributed by atoms with Gasteiger partial charge in [0, 0.05) is 38.2 Å². The second-order valence-corrected chi connectivity index (χ2v) is 10.6. The van der Waals surface area contributed by atoms with Gasteiger partial charge < -0.3 is 18.8 Å². The first kappa shape index (κ1) is 30.8. The van der Waals surface area contributed by atoms with Crippen LogP contribution in [0.3, 0.4) is 0 Å². The first-order valence-electron chi connectivity index (χ1n) is 13.7. The predicted molar refractivity (Wildman–Crippen MR) is 150 cm³/mol.